The third kappa shape index (κ3) is 73.5. The van der Waals surface area contributed by atoms with Crippen LogP contribution in [0.4, 0.5) is 0 Å². The van der Waals surface area contributed by atoms with E-state index in [0.717, 1.165) is 128 Å². The van der Waals surface area contributed by atoms with Crippen LogP contribution in [0.1, 0.15) is 329 Å². The maximum absolute atomic E-state index is 12.9. The highest BCUT2D eigenvalue weighted by atomic mass is 31.2. The van der Waals surface area contributed by atoms with E-state index in [1.807, 2.05) is 0 Å². The smallest absolute Gasteiger partial charge is 0.463 e. The lowest BCUT2D eigenvalue weighted by molar-refractivity contribution is -0.161. The lowest BCUT2D eigenvalue weighted by atomic mass is 10.0. The molecule has 0 aliphatic rings. The summed E-state index contributed by atoms with van der Waals surface area (Å²) in [5.74, 6) is -1.60. The van der Waals surface area contributed by atoms with Crippen molar-refractivity contribution in [3.63, 3.8) is 0 Å². The van der Waals surface area contributed by atoms with Crippen LogP contribution in [0, 0.1) is 0 Å². The summed E-state index contributed by atoms with van der Waals surface area (Å²) in [5.41, 5.74) is 0. The van der Waals surface area contributed by atoms with Gasteiger partial charge in [0.15, 0.2) is 6.10 Å². The molecule has 5 atom stereocenters. The molecule has 0 aromatic carbocycles. The van der Waals surface area contributed by atoms with Crippen LogP contribution in [0.2, 0.25) is 0 Å². The molecule has 0 aromatic rings. The van der Waals surface area contributed by atoms with Gasteiger partial charge >= 0.3 is 33.6 Å². The van der Waals surface area contributed by atoms with Crippen molar-refractivity contribution in [2.45, 2.75) is 347 Å². The van der Waals surface area contributed by atoms with Crippen LogP contribution < -0.4 is 0 Å². The number of unbranched alkanes of at least 4 members (excludes halogenated alkanes) is 34. The number of aliphatic hydroxyl groups is 2. The zero-order valence-electron chi connectivity index (χ0n) is 61.2. The summed E-state index contributed by atoms with van der Waals surface area (Å²) < 4.78 is 60.9. The van der Waals surface area contributed by atoms with Gasteiger partial charge in [-0.3, -0.25) is 32.5 Å². The van der Waals surface area contributed by atoms with E-state index in [9.17, 15) is 43.5 Å². The van der Waals surface area contributed by atoms with Crippen LogP contribution in [0.5, 0.6) is 0 Å². The van der Waals surface area contributed by atoms with E-state index in [4.69, 9.17) is 32.3 Å². The highest BCUT2D eigenvalue weighted by Gasteiger charge is 2.29. The van der Waals surface area contributed by atoms with Gasteiger partial charge in [0.2, 0.25) is 0 Å². The Morgan fingerprint density at radius 3 is 0.907 bits per heavy atom. The summed E-state index contributed by atoms with van der Waals surface area (Å²) >= 11 is 0. The Balaban J connectivity index is 4.27. The summed E-state index contributed by atoms with van der Waals surface area (Å²) in [6, 6.07) is 0. The SMILES string of the molecule is CC/C=C\C/C=C\C/C=C\CCCCCCCC(=O)OCC(COP(=O)(O)OCC(O)COP(=O)(O)OCC(O)COC(=O)CCCCCCCCCCCCCCCCCCCCC/C=C\C/C=C\C/C=C\C/C=C\CCCCC)OC(=O)CCCCCCC/C=C\CCCC. The highest BCUT2D eigenvalue weighted by molar-refractivity contribution is 7.47. The molecule has 0 bridgehead atoms. The number of rotatable bonds is 73. The van der Waals surface area contributed by atoms with Crippen LogP contribution in [0.3, 0.4) is 0 Å². The summed E-state index contributed by atoms with van der Waals surface area (Å²) in [6.45, 7) is 2.48. The number of carbonyl (C=O) groups is 3. The van der Waals surface area contributed by atoms with Gasteiger partial charge in [0, 0.05) is 19.3 Å². The minimum absolute atomic E-state index is 0.0906. The van der Waals surface area contributed by atoms with Crippen molar-refractivity contribution >= 4 is 33.6 Å². The first-order valence-corrected chi connectivity index (χ1v) is 41.5. The number of hydrogen-bond acceptors (Lipinski definition) is 14. The van der Waals surface area contributed by atoms with Crippen molar-refractivity contribution in [1.29, 1.82) is 0 Å². The van der Waals surface area contributed by atoms with E-state index < -0.39 is 91.5 Å². The molecule has 0 aromatic heterocycles. The number of allylic oxidation sites excluding steroid dienone is 16. The Kier molecular flexibility index (Phi) is 69.6. The maximum atomic E-state index is 12.9. The van der Waals surface area contributed by atoms with E-state index >= 15 is 0 Å². The first kappa shape index (κ1) is 93.5. The zero-order valence-corrected chi connectivity index (χ0v) is 63.0. The molecule has 0 spiro atoms. The number of aliphatic hydroxyl groups excluding tert-OH is 2. The number of phosphoric acid groups is 2. The summed E-state index contributed by atoms with van der Waals surface area (Å²) in [7, 11) is -9.78. The second-order valence-corrected chi connectivity index (χ2v) is 28.7. The molecule has 0 amide bonds. The standard InChI is InChI=1S/C79H140O16P2/c1-4-7-10-13-16-19-22-24-26-27-28-29-30-31-32-33-34-35-36-37-38-39-40-41-42-43-44-45-47-49-51-53-56-59-62-65-77(82)89-68-74(80)69-91-96(85,86)92-70-75(81)71-93-97(87,88)94-73-76(95-79(84)67-64-61-58-55-50-21-18-15-12-9-6-3)72-90-78(83)66-63-60-57-54-52-48-46-25-23-20-17-14-11-8-5-2/h8,11,15-20,24-26,28-29,31-32,46,74-76,80-81H,4-7,9-10,12-14,21-23,27,30,33-45,47-73H2,1-3H3,(H,85,86)(H,87,88)/b11-8-,18-15-,19-16-,20-17-,26-24-,29-28-,32-31-,46-25-. The van der Waals surface area contributed by atoms with Crippen LogP contribution >= 0.6 is 15.6 Å². The molecule has 16 nitrogen and oxygen atoms in total. The molecule has 0 saturated heterocycles. The van der Waals surface area contributed by atoms with Crippen LogP contribution in [-0.2, 0) is 55.8 Å². The molecular weight excluding hydrogens is 1270 g/mol. The molecule has 0 heterocycles. The second kappa shape index (κ2) is 72.3. The number of carbonyl (C=O) groups excluding carboxylic acids is 3. The lowest BCUT2D eigenvalue weighted by Crippen LogP contribution is -2.30. The molecule has 0 saturated carbocycles. The molecular formula is C79H140O16P2. The van der Waals surface area contributed by atoms with Gasteiger partial charge in [-0.05, 0) is 116 Å². The average molecular weight is 1410 g/mol. The van der Waals surface area contributed by atoms with E-state index in [2.05, 4.69) is 118 Å². The molecule has 18 heteroatoms. The fourth-order valence-electron chi connectivity index (χ4n) is 10.4. The molecule has 0 radical (unpaired) electrons. The third-order valence-corrected chi connectivity index (χ3v) is 18.2. The van der Waals surface area contributed by atoms with Crippen molar-refractivity contribution in [2.24, 2.45) is 0 Å². The maximum Gasteiger partial charge on any atom is 0.472 e. The van der Waals surface area contributed by atoms with Gasteiger partial charge in [-0.1, -0.05) is 291 Å². The zero-order chi connectivity index (χ0) is 70.9. The molecule has 97 heavy (non-hydrogen) atoms. The largest absolute Gasteiger partial charge is 0.472 e. The molecule has 5 unspecified atom stereocenters. The van der Waals surface area contributed by atoms with Gasteiger partial charge in [0.25, 0.3) is 0 Å². The van der Waals surface area contributed by atoms with Crippen molar-refractivity contribution in [3.8, 4) is 0 Å². The fraction of sp³-hybridized carbons (Fsp3) is 0.759. The quantitative estimate of drug-likeness (QED) is 0.0146. The molecule has 0 aliphatic heterocycles. The van der Waals surface area contributed by atoms with Crippen molar-refractivity contribution in [3.05, 3.63) is 97.2 Å². The topological polar surface area (TPSA) is 231 Å². The summed E-state index contributed by atoms with van der Waals surface area (Å²) in [5, 5.41) is 20.6. The van der Waals surface area contributed by atoms with Crippen molar-refractivity contribution in [1.82, 2.24) is 0 Å². The Morgan fingerprint density at radius 1 is 0.299 bits per heavy atom. The number of phosphoric ester groups is 2. The Labute approximate surface area is 590 Å². The molecule has 0 fully saturated rings. The predicted octanol–water partition coefficient (Wildman–Crippen LogP) is 22.2. The Hall–Kier alpha value is -3.53. The third-order valence-electron chi connectivity index (χ3n) is 16.3. The van der Waals surface area contributed by atoms with E-state index in [0.29, 0.717) is 19.3 Å². The monoisotopic (exact) mass is 1410 g/mol. The minimum atomic E-state index is -4.92. The van der Waals surface area contributed by atoms with Gasteiger partial charge in [0.05, 0.1) is 26.4 Å². The van der Waals surface area contributed by atoms with E-state index in [-0.39, 0.29) is 19.3 Å². The van der Waals surface area contributed by atoms with Gasteiger partial charge in [-0.15, -0.1) is 0 Å². The first-order chi connectivity index (χ1) is 47.2. The van der Waals surface area contributed by atoms with Crippen LogP contribution in [-0.4, -0.2) is 95.9 Å². The summed E-state index contributed by atoms with van der Waals surface area (Å²) in [6.07, 6.45) is 82.2. The first-order valence-electron chi connectivity index (χ1n) is 38.5. The molecule has 0 aliphatic carbocycles. The minimum Gasteiger partial charge on any atom is -0.463 e. The van der Waals surface area contributed by atoms with E-state index in [1.165, 1.54) is 141 Å². The van der Waals surface area contributed by atoms with Crippen molar-refractivity contribution < 1.29 is 75.8 Å². The number of ether oxygens (including phenoxy) is 3. The average Bonchev–Trinajstić information content (AvgIpc) is 3.05. The summed E-state index contributed by atoms with van der Waals surface area (Å²) in [4.78, 5) is 58.4. The van der Waals surface area contributed by atoms with Gasteiger partial charge in [0.1, 0.15) is 25.4 Å². The highest BCUT2D eigenvalue weighted by Crippen LogP contribution is 2.45. The second-order valence-electron chi connectivity index (χ2n) is 25.8. The van der Waals surface area contributed by atoms with Crippen LogP contribution in [0.25, 0.3) is 0 Å². The molecule has 0 rings (SSSR count). The Bertz CT molecular complexity index is 2150. The lowest BCUT2D eigenvalue weighted by Gasteiger charge is -2.21. The molecule has 562 valence electrons. The predicted molar refractivity (Wildman–Crippen MR) is 399 cm³/mol. The molecule has 4 N–H and O–H groups in total. The normalized spacial score (nSPS) is 14.6. The van der Waals surface area contributed by atoms with Gasteiger partial charge < -0.3 is 34.2 Å². The number of hydrogen-bond donors (Lipinski definition) is 4. The Morgan fingerprint density at radius 2 is 0.557 bits per heavy atom. The van der Waals surface area contributed by atoms with Crippen LogP contribution in [0.15, 0.2) is 97.2 Å². The van der Waals surface area contributed by atoms with Crippen molar-refractivity contribution in [2.75, 3.05) is 39.6 Å². The number of esters is 3. The van der Waals surface area contributed by atoms with E-state index in [1.54, 1.807) is 0 Å². The van der Waals surface area contributed by atoms with Gasteiger partial charge in [-0.25, -0.2) is 9.13 Å². The van der Waals surface area contributed by atoms with Gasteiger partial charge in [-0.2, -0.15) is 0 Å². The fourth-order valence-corrected chi connectivity index (χ4v) is 12.0.